The Bertz CT molecular complexity index is 633. The minimum absolute atomic E-state index is 0. The summed E-state index contributed by atoms with van der Waals surface area (Å²) >= 11 is 3.43. The third kappa shape index (κ3) is 4.36. The topological polar surface area (TPSA) is 66.6 Å². The number of carbonyl (C=O) groups is 2. The molecule has 2 atom stereocenters. The van der Waals surface area contributed by atoms with E-state index in [9.17, 15) is 9.59 Å². The van der Waals surface area contributed by atoms with Gasteiger partial charge in [0.1, 0.15) is 5.92 Å². The van der Waals surface area contributed by atoms with Crippen LogP contribution in [-0.4, -0.2) is 42.4 Å². The molecule has 0 aromatic heterocycles. The molecule has 3 rings (SSSR count). The number of halogens is 2. The molecule has 0 bridgehead atoms. The Balaban J connectivity index is 0.00000225. The van der Waals surface area contributed by atoms with E-state index < -0.39 is 5.92 Å². The number of rotatable bonds is 3. The lowest BCUT2D eigenvalue weighted by molar-refractivity contribution is -0.141. The number of benzene rings is 1. The zero-order valence-electron chi connectivity index (χ0n) is 14.4. The number of piperidine rings is 1. The molecule has 0 saturated carbocycles. The Labute approximate surface area is 163 Å². The van der Waals surface area contributed by atoms with Gasteiger partial charge in [0.25, 0.3) is 0 Å². The van der Waals surface area contributed by atoms with Crippen LogP contribution in [0.3, 0.4) is 0 Å². The molecule has 2 saturated heterocycles. The standard InChI is InChI=1S/C18H24BrN3O2.ClH/c1-12(20)13-5-8-21(9-6-13)17(23)16-7-10-22(18(16)24)15-4-2-3-14(19)11-15;/h2-4,11-13,16H,5-10,20H2,1H3;1H. The molecule has 1 aromatic carbocycles. The second kappa shape index (κ2) is 8.52. The van der Waals surface area contributed by atoms with Crippen molar-refractivity contribution in [1.82, 2.24) is 4.90 Å². The number of likely N-dealkylation sites (tertiary alicyclic amines) is 1. The summed E-state index contributed by atoms with van der Waals surface area (Å²) in [5.74, 6) is -0.143. The number of hydrogen-bond acceptors (Lipinski definition) is 3. The minimum atomic E-state index is -0.532. The Morgan fingerprint density at radius 2 is 1.92 bits per heavy atom. The number of hydrogen-bond donors (Lipinski definition) is 1. The molecular formula is C18H25BrClN3O2. The summed E-state index contributed by atoms with van der Waals surface area (Å²) in [5.41, 5.74) is 6.81. The van der Waals surface area contributed by atoms with Gasteiger partial charge in [-0.3, -0.25) is 9.59 Å². The highest BCUT2D eigenvalue weighted by atomic mass is 79.9. The van der Waals surface area contributed by atoms with Crippen molar-refractivity contribution in [1.29, 1.82) is 0 Å². The Hall–Kier alpha value is -1.11. The highest BCUT2D eigenvalue weighted by molar-refractivity contribution is 9.10. The number of nitrogens with zero attached hydrogens (tertiary/aromatic N) is 2. The van der Waals surface area contributed by atoms with E-state index in [-0.39, 0.29) is 30.3 Å². The van der Waals surface area contributed by atoms with Gasteiger partial charge < -0.3 is 15.5 Å². The van der Waals surface area contributed by atoms with Gasteiger partial charge in [0.2, 0.25) is 11.8 Å². The average Bonchev–Trinajstić information content (AvgIpc) is 2.96. The van der Waals surface area contributed by atoms with Crippen LogP contribution in [0.25, 0.3) is 0 Å². The fourth-order valence-electron chi connectivity index (χ4n) is 3.68. The summed E-state index contributed by atoms with van der Waals surface area (Å²) in [5, 5.41) is 0. The molecule has 2 fully saturated rings. The molecule has 0 radical (unpaired) electrons. The fourth-order valence-corrected chi connectivity index (χ4v) is 4.06. The van der Waals surface area contributed by atoms with Gasteiger partial charge in [-0.05, 0) is 50.3 Å². The molecule has 1 aromatic rings. The monoisotopic (exact) mass is 429 g/mol. The summed E-state index contributed by atoms with van der Waals surface area (Å²) in [6.45, 7) is 4.05. The summed E-state index contributed by atoms with van der Waals surface area (Å²) < 4.78 is 0.931. The highest BCUT2D eigenvalue weighted by Gasteiger charge is 2.40. The van der Waals surface area contributed by atoms with Crippen LogP contribution in [0.4, 0.5) is 5.69 Å². The van der Waals surface area contributed by atoms with Gasteiger partial charge in [-0.15, -0.1) is 12.4 Å². The van der Waals surface area contributed by atoms with Crippen LogP contribution in [0, 0.1) is 11.8 Å². The quantitative estimate of drug-likeness (QED) is 0.750. The molecule has 0 spiro atoms. The zero-order valence-corrected chi connectivity index (χ0v) is 16.8. The van der Waals surface area contributed by atoms with Crippen molar-refractivity contribution in [2.24, 2.45) is 17.6 Å². The van der Waals surface area contributed by atoms with Crippen LogP contribution in [0.15, 0.2) is 28.7 Å². The van der Waals surface area contributed by atoms with E-state index in [1.165, 1.54) is 0 Å². The normalized spacial score (nSPS) is 22.7. The van der Waals surface area contributed by atoms with Gasteiger partial charge in [0.05, 0.1) is 0 Å². The van der Waals surface area contributed by atoms with Gasteiger partial charge in [-0.25, -0.2) is 0 Å². The summed E-state index contributed by atoms with van der Waals surface area (Å²) in [6, 6.07) is 7.82. The molecule has 2 N–H and O–H groups in total. The first-order valence-corrected chi connectivity index (χ1v) is 9.38. The van der Waals surface area contributed by atoms with Crippen LogP contribution in [0.2, 0.25) is 0 Å². The minimum Gasteiger partial charge on any atom is -0.342 e. The van der Waals surface area contributed by atoms with E-state index in [0.29, 0.717) is 32.0 Å². The number of anilines is 1. The Morgan fingerprint density at radius 3 is 2.52 bits per heavy atom. The van der Waals surface area contributed by atoms with E-state index in [1.807, 2.05) is 36.1 Å². The largest absolute Gasteiger partial charge is 0.342 e. The average molecular weight is 431 g/mol. The molecule has 2 aliphatic rings. The fraction of sp³-hybridized carbons (Fsp3) is 0.556. The summed E-state index contributed by atoms with van der Waals surface area (Å²) in [7, 11) is 0. The molecule has 7 heteroatoms. The van der Waals surface area contributed by atoms with E-state index in [2.05, 4.69) is 15.9 Å². The number of nitrogens with two attached hydrogens (primary N) is 1. The van der Waals surface area contributed by atoms with E-state index in [1.54, 1.807) is 4.90 Å². The van der Waals surface area contributed by atoms with E-state index in [4.69, 9.17) is 5.73 Å². The first kappa shape index (κ1) is 20.2. The number of carbonyl (C=O) groups excluding carboxylic acids is 2. The van der Waals surface area contributed by atoms with Crippen molar-refractivity contribution in [3.63, 3.8) is 0 Å². The smallest absolute Gasteiger partial charge is 0.239 e. The molecule has 25 heavy (non-hydrogen) atoms. The second-order valence-corrected chi connectivity index (χ2v) is 7.75. The summed E-state index contributed by atoms with van der Waals surface area (Å²) in [4.78, 5) is 29.1. The van der Waals surface area contributed by atoms with Gasteiger partial charge in [0, 0.05) is 35.8 Å². The Kier molecular flexibility index (Phi) is 6.88. The maximum Gasteiger partial charge on any atom is 0.239 e. The van der Waals surface area contributed by atoms with Crippen LogP contribution >= 0.6 is 28.3 Å². The van der Waals surface area contributed by atoms with Crippen molar-refractivity contribution in [2.75, 3.05) is 24.5 Å². The molecule has 2 unspecified atom stereocenters. The molecule has 0 aliphatic carbocycles. The van der Waals surface area contributed by atoms with Crippen LogP contribution in [0.1, 0.15) is 26.2 Å². The van der Waals surface area contributed by atoms with E-state index in [0.717, 1.165) is 23.0 Å². The van der Waals surface area contributed by atoms with Gasteiger partial charge >= 0.3 is 0 Å². The maximum absolute atomic E-state index is 12.8. The SMILES string of the molecule is CC(N)C1CCN(C(=O)C2CCN(c3cccc(Br)c3)C2=O)CC1.Cl. The lowest BCUT2D eigenvalue weighted by atomic mass is 9.90. The first-order valence-electron chi connectivity index (χ1n) is 8.58. The predicted octanol–water partition coefficient (Wildman–Crippen LogP) is 2.81. The van der Waals surface area contributed by atoms with E-state index >= 15 is 0 Å². The third-order valence-electron chi connectivity index (χ3n) is 5.22. The van der Waals surface area contributed by atoms with Crippen LogP contribution in [-0.2, 0) is 9.59 Å². The van der Waals surface area contributed by atoms with Crippen molar-refractivity contribution >= 4 is 45.8 Å². The van der Waals surface area contributed by atoms with Crippen molar-refractivity contribution in [3.8, 4) is 0 Å². The predicted molar refractivity (Wildman–Crippen MR) is 105 cm³/mol. The highest BCUT2D eigenvalue weighted by Crippen LogP contribution is 2.29. The second-order valence-electron chi connectivity index (χ2n) is 6.83. The molecule has 5 nitrogen and oxygen atoms in total. The van der Waals surface area contributed by atoms with Gasteiger partial charge in [-0.2, -0.15) is 0 Å². The third-order valence-corrected chi connectivity index (χ3v) is 5.71. The van der Waals surface area contributed by atoms with Gasteiger partial charge in [-0.1, -0.05) is 22.0 Å². The molecule has 2 heterocycles. The number of amides is 2. The maximum atomic E-state index is 12.8. The van der Waals surface area contributed by atoms with Crippen molar-refractivity contribution in [2.45, 2.75) is 32.2 Å². The van der Waals surface area contributed by atoms with Crippen molar-refractivity contribution < 1.29 is 9.59 Å². The lowest BCUT2D eigenvalue weighted by Crippen LogP contribution is -2.46. The zero-order chi connectivity index (χ0) is 17.3. The van der Waals surface area contributed by atoms with Crippen LogP contribution in [0.5, 0.6) is 0 Å². The van der Waals surface area contributed by atoms with Gasteiger partial charge in [0.15, 0.2) is 0 Å². The summed E-state index contributed by atoms with van der Waals surface area (Å²) in [6.07, 6.45) is 2.46. The molecule has 2 aliphatic heterocycles. The van der Waals surface area contributed by atoms with Crippen molar-refractivity contribution in [3.05, 3.63) is 28.7 Å². The first-order chi connectivity index (χ1) is 11.5. The molecule has 2 amide bonds. The Morgan fingerprint density at radius 1 is 1.24 bits per heavy atom. The molecule has 138 valence electrons. The molecular weight excluding hydrogens is 406 g/mol. The van der Waals surface area contributed by atoms with Crippen LogP contribution < -0.4 is 10.6 Å². The lowest BCUT2D eigenvalue weighted by Gasteiger charge is -2.34.